The number of nitrogens with one attached hydrogen (secondary N) is 1. The second-order valence-corrected chi connectivity index (χ2v) is 8.94. The van der Waals surface area contributed by atoms with Crippen molar-refractivity contribution >= 4 is 39.5 Å². The van der Waals surface area contributed by atoms with Crippen LogP contribution in [0.2, 0.25) is 0 Å². The molecule has 1 fully saturated rings. The zero-order chi connectivity index (χ0) is 22.0. The van der Waals surface area contributed by atoms with E-state index in [1.165, 1.54) is 0 Å². The Balaban J connectivity index is 1.71. The molecule has 1 saturated heterocycles. The molecule has 3 aromatic rings. The number of anilines is 2. The molecule has 6 nitrogen and oxygen atoms in total. The summed E-state index contributed by atoms with van der Waals surface area (Å²) in [7, 11) is 0. The number of carbonyl (C=O) groups excluding carboxylic acids is 1. The molecule has 162 valence electrons. The van der Waals surface area contributed by atoms with Gasteiger partial charge in [-0.05, 0) is 41.9 Å². The molecule has 0 saturated carbocycles. The molecule has 4 rings (SSSR count). The molecule has 1 unspecified atom stereocenters. The number of alkyl halides is 2. The number of hydrogen-bond acceptors (Lipinski definition) is 5. The van der Waals surface area contributed by atoms with E-state index in [4.69, 9.17) is 0 Å². The van der Waals surface area contributed by atoms with Crippen molar-refractivity contribution in [2.24, 2.45) is 0 Å². The summed E-state index contributed by atoms with van der Waals surface area (Å²) in [6, 6.07) is 10.2. The number of pyridine rings is 2. The summed E-state index contributed by atoms with van der Waals surface area (Å²) in [5.41, 5.74) is 1.42. The molecule has 9 heteroatoms. The van der Waals surface area contributed by atoms with Gasteiger partial charge in [-0.1, -0.05) is 6.07 Å². The standard InChI is InChI=1S/C22H22F2N4O2S/c1-31(30)17-5-2-4-16(13-17)26-21(29)18-12-15-14-25-9-6-19(15)27-20(18)28-10-3-7-22(23,24)8-11-28/h2,4-6,9,12-14H,3,7-8,10-11H2,1H3,(H,26,29). The Morgan fingerprint density at radius 2 is 2.06 bits per heavy atom. The third kappa shape index (κ3) is 4.94. The van der Waals surface area contributed by atoms with Crippen LogP contribution in [-0.2, 0) is 11.2 Å². The lowest BCUT2D eigenvalue weighted by atomic mass is 10.1. The summed E-state index contributed by atoms with van der Waals surface area (Å²) in [6.07, 6.45) is 4.63. The van der Waals surface area contributed by atoms with Gasteiger partial charge < -0.3 is 14.8 Å². The Kier molecular flexibility index (Phi) is 6.06. The number of carbonyl (C=O) groups is 1. The lowest BCUT2D eigenvalue weighted by molar-refractivity contribution is -0.0102. The highest BCUT2D eigenvalue weighted by Crippen LogP contribution is 2.32. The van der Waals surface area contributed by atoms with Crippen LogP contribution in [0.5, 0.6) is 0 Å². The summed E-state index contributed by atoms with van der Waals surface area (Å²) >= 11 is -1.19. The lowest BCUT2D eigenvalue weighted by Crippen LogP contribution is -2.29. The molecule has 2 aromatic heterocycles. The van der Waals surface area contributed by atoms with Crippen molar-refractivity contribution < 1.29 is 18.1 Å². The molecule has 1 aliphatic rings. The summed E-state index contributed by atoms with van der Waals surface area (Å²) < 4.78 is 39.6. The van der Waals surface area contributed by atoms with Crippen LogP contribution in [0.1, 0.15) is 29.6 Å². The van der Waals surface area contributed by atoms with E-state index in [-0.39, 0.29) is 24.9 Å². The molecule has 1 N–H and O–H groups in total. The Morgan fingerprint density at radius 1 is 1.23 bits per heavy atom. The molecule has 0 aliphatic carbocycles. The van der Waals surface area contributed by atoms with Gasteiger partial charge in [0.2, 0.25) is 5.92 Å². The van der Waals surface area contributed by atoms with Crippen molar-refractivity contribution in [2.75, 3.05) is 29.6 Å². The van der Waals surface area contributed by atoms with Gasteiger partial charge in [0.05, 0.1) is 11.1 Å². The SMILES string of the molecule is C[S+]([O-])c1cccc(NC(=O)c2cc3cnccc3nc2N2CCCC(F)(F)CC2)c1. The van der Waals surface area contributed by atoms with E-state index in [1.807, 2.05) is 0 Å². The zero-order valence-electron chi connectivity index (χ0n) is 17.0. The van der Waals surface area contributed by atoms with E-state index < -0.39 is 23.0 Å². The molecule has 0 radical (unpaired) electrons. The Morgan fingerprint density at radius 3 is 2.87 bits per heavy atom. The number of amides is 1. The van der Waals surface area contributed by atoms with Gasteiger partial charge in [0.15, 0.2) is 4.90 Å². The van der Waals surface area contributed by atoms with Crippen LogP contribution in [0, 0.1) is 0 Å². The van der Waals surface area contributed by atoms with E-state index in [0.29, 0.717) is 40.3 Å². The Hall–Kier alpha value is -2.78. The highest BCUT2D eigenvalue weighted by Gasteiger charge is 2.33. The van der Waals surface area contributed by atoms with Gasteiger partial charge in [-0.25, -0.2) is 13.8 Å². The van der Waals surface area contributed by atoms with E-state index in [2.05, 4.69) is 15.3 Å². The number of fused-ring (bicyclic) bond motifs is 1. The maximum absolute atomic E-state index is 13.9. The maximum Gasteiger partial charge on any atom is 0.259 e. The number of benzene rings is 1. The van der Waals surface area contributed by atoms with E-state index in [1.54, 1.807) is 59.9 Å². The highest BCUT2D eigenvalue weighted by atomic mass is 32.2. The molecule has 0 bridgehead atoms. The van der Waals surface area contributed by atoms with Crippen LogP contribution in [0.25, 0.3) is 10.9 Å². The summed E-state index contributed by atoms with van der Waals surface area (Å²) in [4.78, 5) is 24.3. The van der Waals surface area contributed by atoms with Gasteiger partial charge >= 0.3 is 0 Å². The topological polar surface area (TPSA) is 81.2 Å². The summed E-state index contributed by atoms with van der Waals surface area (Å²) in [5, 5.41) is 3.50. The van der Waals surface area contributed by atoms with Gasteiger partial charge in [0, 0.05) is 55.5 Å². The second-order valence-electron chi connectivity index (χ2n) is 7.56. The highest BCUT2D eigenvalue weighted by molar-refractivity contribution is 7.90. The minimum Gasteiger partial charge on any atom is -0.612 e. The molecule has 1 aromatic carbocycles. The van der Waals surface area contributed by atoms with Crippen LogP contribution < -0.4 is 10.2 Å². The Labute approximate surface area is 181 Å². The van der Waals surface area contributed by atoms with Crippen molar-refractivity contribution in [3.63, 3.8) is 0 Å². The minimum absolute atomic E-state index is 0.112. The third-order valence-electron chi connectivity index (χ3n) is 5.28. The van der Waals surface area contributed by atoms with Crippen molar-refractivity contribution in [2.45, 2.75) is 30.1 Å². The average molecular weight is 445 g/mol. The predicted octanol–water partition coefficient (Wildman–Crippen LogP) is 4.25. The first kappa shape index (κ1) is 21.5. The fourth-order valence-electron chi connectivity index (χ4n) is 3.64. The first-order valence-electron chi connectivity index (χ1n) is 9.95. The zero-order valence-corrected chi connectivity index (χ0v) is 17.8. The lowest BCUT2D eigenvalue weighted by Gasteiger charge is -2.24. The van der Waals surface area contributed by atoms with Crippen molar-refractivity contribution in [3.05, 3.63) is 54.4 Å². The van der Waals surface area contributed by atoms with Gasteiger partial charge in [0.1, 0.15) is 12.1 Å². The molecule has 1 atom stereocenters. The number of halogens is 2. The number of hydrogen-bond donors (Lipinski definition) is 1. The number of nitrogens with zero attached hydrogens (tertiary/aromatic N) is 3. The molecule has 1 aliphatic heterocycles. The monoisotopic (exact) mass is 444 g/mol. The van der Waals surface area contributed by atoms with E-state index >= 15 is 0 Å². The van der Waals surface area contributed by atoms with Crippen LogP contribution in [-0.4, -0.2) is 45.7 Å². The summed E-state index contributed by atoms with van der Waals surface area (Å²) in [5.74, 6) is -2.75. The first-order valence-corrected chi connectivity index (χ1v) is 11.5. The quantitative estimate of drug-likeness (QED) is 0.609. The number of rotatable bonds is 4. The van der Waals surface area contributed by atoms with Crippen LogP contribution in [0.4, 0.5) is 20.3 Å². The van der Waals surface area contributed by atoms with Crippen molar-refractivity contribution in [3.8, 4) is 0 Å². The predicted molar refractivity (Wildman–Crippen MR) is 117 cm³/mol. The van der Waals surface area contributed by atoms with Gasteiger partial charge in [-0.3, -0.25) is 9.78 Å². The average Bonchev–Trinajstić information content (AvgIpc) is 2.93. The maximum atomic E-state index is 13.9. The van der Waals surface area contributed by atoms with E-state index in [0.717, 1.165) is 0 Å². The molecule has 1 amide bonds. The Bertz CT molecular complexity index is 1110. The van der Waals surface area contributed by atoms with Crippen molar-refractivity contribution in [1.82, 2.24) is 9.97 Å². The fraction of sp³-hybridized carbons (Fsp3) is 0.318. The normalized spacial score (nSPS) is 17.2. The molecular weight excluding hydrogens is 422 g/mol. The molecular formula is C22H22F2N4O2S. The summed E-state index contributed by atoms with van der Waals surface area (Å²) in [6.45, 7) is 0.505. The fourth-order valence-corrected chi connectivity index (χ4v) is 4.20. The first-order chi connectivity index (χ1) is 14.8. The molecule has 0 spiro atoms. The molecule has 3 heterocycles. The van der Waals surface area contributed by atoms with E-state index in [9.17, 15) is 18.1 Å². The minimum atomic E-state index is -2.71. The number of aromatic nitrogens is 2. The largest absolute Gasteiger partial charge is 0.612 e. The second kappa shape index (κ2) is 8.76. The molecule has 31 heavy (non-hydrogen) atoms. The van der Waals surface area contributed by atoms with Crippen LogP contribution in [0.15, 0.2) is 53.7 Å². The smallest absolute Gasteiger partial charge is 0.259 e. The van der Waals surface area contributed by atoms with Crippen LogP contribution in [0.3, 0.4) is 0 Å². The van der Waals surface area contributed by atoms with Gasteiger partial charge in [0.25, 0.3) is 5.91 Å². The van der Waals surface area contributed by atoms with Crippen LogP contribution >= 0.6 is 0 Å². The van der Waals surface area contributed by atoms with Gasteiger partial charge in [-0.15, -0.1) is 0 Å². The van der Waals surface area contributed by atoms with Gasteiger partial charge in [-0.2, -0.15) is 0 Å². The third-order valence-corrected chi connectivity index (χ3v) is 6.20. The van der Waals surface area contributed by atoms with Crippen molar-refractivity contribution in [1.29, 1.82) is 0 Å².